The summed E-state index contributed by atoms with van der Waals surface area (Å²) in [6.45, 7) is 1.79. The van der Waals surface area contributed by atoms with Crippen LogP contribution in [0.25, 0.3) is 0 Å². The van der Waals surface area contributed by atoms with Crippen molar-refractivity contribution in [3.05, 3.63) is 34.3 Å². The van der Waals surface area contributed by atoms with Crippen molar-refractivity contribution >= 4 is 27.7 Å². The summed E-state index contributed by atoms with van der Waals surface area (Å²) in [4.78, 5) is 25.9. The lowest BCUT2D eigenvalue weighted by atomic mass is 10.1. The van der Waals surface area contributed by atoms with Crippen molar-refractivity contribution in [3.8, 4) is 0 Å². The van der Waals surface area contributed by atoms with Crippen LogP contribution >= 0.6 is 15.9 Å². The number of hydrogen-bond donors (Lipinski definition) is 2. The van der Waals surface area contributed by atoms with Gasteiger partial charge < -0.3 is 15.5 Å². The highest BCUT2D eigenvalue weighted by molar-refractivity contribution is 9.10. The molecule has 0 radical (unpaired) electrons. The summed E-state index contributed by atoms with van der Waals surface area (Å²) >= 11 is 3.37. The Labute approximate surface area is 126 Å². The Hall–Kier alpha value is -1.40. The minimum Gasteiger partial charge on any atom is -0.357 e. The van der Waals surface area contributed by atoms with Gasteiger partial charge >= 0.3 is 0 Å². The van der Waals surface area contributed by atoms with E-state index in [1.165, 1.54) is 0 Å². The molecule has 108 valence electrons. The van der Waals surface area contributed by atoms with Crippen LogP contribution in [0.2, 0.25) is 0 Å². The molecule has 1 aromatic rings. The number of carbonyl (C=O) groups excluding carboxylic acids is 2. The highest BCUT2D eigenvalue weighted by Crippen LogP contribution is 2.13. The number of hydrogen-bond acceptors (Lipinski definition) is 3. The van der Waals surface area contributed by atoms with E-state index in [-0.39, 0.29) is 11.8 Å². The summed E-state index contributed by atoms with van der Waals surface area (Å²) in [6, 6.07) is 7.24. The van der Waals surface area contributed by atoms with Crippen molar-refractivity contribution in [2.75, 3.05) is 26.7 Å². The maximum atomic E-state index is 12.4. The number of piperazine rings is 1. The van der Waals surface area contributed by atoms with Crippen LogP contribution in [0.3, 0.4) is 0 Å². The van der Waals surface area contributed by atoms with Crippen LogP contribution in [0.4, 0.5) is 0 Å². The third-order valence-electron chi connectivity index (χ3n) is 3.38. The smallest absolute Gasteiger partial charge is 0.243 e. The molecule has 1 aliphatic rings. The SMILES string of the molecule is CNC(=O)C1CNCCN1C(=O)Cc1ccc(Br)cc1. The van der Waals surface area contributed by atoms with Gasteiger partial charge in [-0.15, -0.1) is 0 Å². The number of likely N-dealkylation sites (N-methyl/N-ethyl adjacent to an activating group) is 1. The molecule has 0 saturated carbocycles. The molecule has 1 heterocycles. The summed E-state index contributed by atoms with van der Waals surface area (Å²) in [5, 5.41) is 5.76. The van der Waals surface area contributed by atoms with Crippen molar-refractivity contribution in [1.29, 1.82) is 0 Å². The van der Waals surface area contributed by atoms with E-state index in [0.717, 1.165) is 16.6 Å². The van der Waals surface area contributed by atoms with Crippen molar-refractivity contribution in [2.45, 2.75) is 12.5 Å². The number of amides is 2. The minimum atomic E-state index is -0.420. The molecule has 2 amide bonds. The van der Waals surface area contributed by atoms with Gasteiger partial charge in [-0.2, -0.15) is 0 Å². The zero-order chi connectivity index (χ0) is 14.5. The second-order valence-electron chi connectivity index (χ2n) is 4.72. The first-order valence-electron chi connectivity index (χ1n) is 6.58. The lowest BCUT2D eigenvalue weighted by Crippen LogP contribution is -2.59. The molecular weight excluding hydrogens is 322 g/mol. The summed E-state index contributed by atoms with van der Waals surface area (Å²) in [5.74, 6) is -0.135. The van der Waals surface area contributed by atoms with Gasteiger partial charge in [0.1, 0.15) is 6.04 Å². The lowest BCUT2D eigenvalue weighted by Gasteiger charge is -2.35. The molecule has 2 N–H and O–H groups in total. The third-order valence-corrected chi connectivity index (χ3v) is 3.91. The fourth-order valence-electron chi connectivity index (χ4n) is 2.28. The summed E-state index contributed by atoms with van der Waals surface area (Å²) in [6.07, 6.45) is 0.320. The maximum absolute atomic E-state index is 12.4. The molecule has 0 bridgehead atoms. The molecule has 1 fully saturated rings. The van der Waals surface area contributed by atoms with Crippen molar-refractivity contribution < 1.29 is 9.59 Å². The van der Waals surface area contributed by atoms with Crippen LogP contribution < -0.4 is 10.6 Å². The monoisotopic (exact) mass is 339 g/mol. The number of nitrogens with zero attached hydrogens (tertiary/aromatic N) is 1. The van der Waals surface area contributed by atoms with Crippen LogP contribution in [0.1, 0.15) is 5.56 Å². The van der Waals surface area contributed by atoms with Crippen molar-refractivity contribution in [1.82, 2.24) is 15.5 Å². The van der Waals surface area contributed by atoms with E-state index in [1.54, 1.807) is 11.9 Å². The van der Waals surface area contributed by atoms with Crippen molar-refractivity contribution in [3.63, 3.8) is 0 Å². The van der Waals surface area contributed by atoms with Crippen LogP contribution in [-0.2, 0) is 16.0 Å². The number of benzene rings is 1. The number of rotatable bonds is 3. The van der Waals surface area contributed by atoms with Crippen LogP contribution in [-0.4, -0.2) is 49.4 Å². The third kappa shape index (κ3) is 3.58. The summed E-state index contributed by atoms with van der Waals surface area (Å²) in [5.41, 5.74) is 0.951. The van der Waals surface area contributed by atoms with E-state index in [4.69, 9.17) is 0 Å². The van der Waals surface area contributed by atoms with Gasteiger partial charge in [0, 0.05) is 31.2 Å². The summed E-state index contributed by atoms with van der Waals surface area (Å²) in [7, 11) is 1.59. The van der Waals surface area contributed by atoms with E-state index in [1.807, 2.05) is 24.3 Å². The van der Waals surface area contributed by atoms with Gasteiger partial charge in [-0.3, -0.25) is 9.59 Å². The Morgan fingerprint density at radius 1 is 1.40 bits per heavy atom. The minimum absolute atomic E-state index is 0.0116. The molecular formula is C14H18BrN3O2. The normalized spacial score (nSPS) is 18.7. The van der Waals surface area contributed by atoms with E-state index < -0.39 is 6.04 Å². The maximum Gasteiger partial charge on any atom is 0.243 e. The lowest BCUT2D eigenvalue weighted by molar-refractivity contribution is -0.140. The molecule has 0 aliphatic carbocycles. The van der Waals surface area contributed by atoms with Crippen LogP contribution in [0.15, 0.2) is 28.7 Å². The molecule has 0 spiro atoms. The fourth-order valence-corrected chi connectivity index (χ4v) is 2.55. The Morgan fingerprint density at radius 3 is 2.75 bits per heavy atom. The van der Waals surface area contributed by atoms with Gasteiger partial charge in [0.2, 0.25) is 11.8 Å². The average molecular weight is 340 g/mol. The highest BCUT2D eigenvalue weighted by Gasteiger charge is 2.31. The summed E-state index contributed by atoms with van der Waals surface area (Å²) < 4.78 is 0.985. The van der Waals surface area contributed by atoms with Gasteiger partial charge in [0.25, 0.3) is 0 Å². The first-order chi connectivity index (χ1) is 9.61. The molecule has 1 saturated heterocycles. The topological polar surface area (TPSA) is 61.4 Å². The second-order valence-corrected chi connectivity index (χ2v) is 5.64. The molecule has 1 aliphatic heterocycles. The van der Waals surface area contributed by atoms with Crippen LogP contribution in [0, 0.1) is 0 Å². The van der Waals surface area contributed by atoms with Gasteiger partial charge in [0.15, 0.2) is 0 Å². The molecule has 0 aromatic heterocycles. The molecule has 1 atom stereocenters. The van der Waals surface area contributed by atoms with Gasteiger partial charge in [-0.25, -0.2) is 0 Å². The zero-order valence-electron chi connectivity index (χ0n) is 11.4. The Balaban J connectivity index is 2.05. The number of nitrogens with one attached hydrogen (secondary N) is 2. The Bertz CT molecular complexity index is 490. The number of carbonyl (C=O) groups is 2. The first-order valence-corrected chi connectivity index (χ1v) is 7.37. The van der Waals surface area contributed by atoms with E-state index >= 15 is 0 Å². The van der Waals surface area contributed by atoms with E-state index in [9.17, 15) is 9.59 Å². The van der Waals surface area contributed by atoms with E-state index in [0.29, 0.717) is 19.5 Å². The van der Waals surface area contributed by atoms with E-state index in [2.05, 4.69) is 26.6 Å². The predicted octanol–water partition coefficient (Wildman–Crippen LogP) is 0.538. The molecule has 1 aromatic carbocycles. The zero-order valence-corrected chi connectivity index (χ0v) is 12.9. The van der Waals surface area contributed by atoms with Gasteiger partial charge in [0.05, 0.1) is 6.42 Å². The largest absolute Gasteiger partial charge is 0.357 e. The molecule has 6 heteroatoms. The highest BCUT2D eigenvalue weighted by atomic mass is 79.9. The van der Waals surface area contributed by atoms with Gasteiger partial charge in [-0.05, 0) is 17.7 Å². The second kappa shape index (κ2) is 6.85. The first kappa shape index (κ1) is 15.0. The molecule has 2 rings (SSSR count). The van der Waals surface area contributed by atoms with Gasteiger partial charge in [-0.1, -0.05) is 28.1 Å². The standard InChI is InChI=1S/C14H18BrN3O2/c1-16-14(20)12-9-17-6-7-18(12)13(19)8-10-2-4-11(15)5-3-10/h2-5,12,17H,6-9H2,1H3,(H,16,20). The molecule has 20 heavy (non-hydrogen) atoms. The Kier molecular flexibility index (Phi) is 5.14. The van der Waals surface area contributed by atoms with Crippen molar-refractivity contribution in [2.24, 2.45) is 0 Å². The molecule has 1 unspecified atom stereocenters. The Morgan fingerprint density at radius 2 is 2.10 bits per heavy atom. The van der Waals surface area contributed by atoms with Crippen LogP contribution in [0.5, 0.6) is 0 Å². The predicted molar refractivity (Wildman–Crippen MR) is 80.3 cm³/mol. The number of halogens is 1. The quantitative estimate of drug-likeness (QED) is 0.844. The average Bonchev–Trinajstić information content (AvgIpc) is 2.48. The fraction of sp³-hybridized carbons (Fsp3) is 0.429. The molecule has 5 nitrogen and oxygen atoms in total.